The van der Waals surface area contributed by atoms with Crippen molar-refractivity contribution in [2.45, 2.75) is 52.1 Å². The minimum Gasteiger partial charge on any atom is -0.325 e. The Labute approximate surface area is 124 Å². The van der Waals surface area contributed by atoms with E-state index in [1.165, 1.54) is 23.1 Å². The summed E-state index contributed by atoms with van der Waals surface area (Å²) in [5.41, 5.74) is 4.61. The number of amides is 1. The Hall–Kier alpha value is -0.880. The predicted octanol–water partition coefficient (Wildman–Crippen LogP) is 4.60. The molecule has 110 valence electrons. The molecule has 0 radical (unpaired) electrons. The lowest BCUT2D eigenvalue weighted by Crippen LogP contribution is -2.47. The standard InChI is InChI=1S/C17H26NOP/c1-6-20(5)17(8-7-9-17)16(19)18-15-13(3)10-12(2)11-14(15)4/h10-11H,6-9H2,1-5H3,(H,18,19). The molecule has 2 nitrogen and oxygen atoms in total. The Balaban J connectivity index is 2.24. The first-order valence-corrected chi connectivity index (χ1v) is 9.48. The molecule has 1 unspecified atom stereocenters. The fourth-order valence-electron chi connectivity index (χ4n) is 3.20. The maximum absolute atomic E-state index is 12.8. The van der Waals surface area contributed by atoms with Gasteiger partial charge >= 0.3 is 0 Å². The van der Waals surface area contributed by atoms with E-state index in [4.69, 9.17) is 0 Å². The lowest BCUT2D eigenvalue weighted by atomic mass is 9.83. The van der Waals surface area contributed by atoms with E-state index in [1.54, 1.807) is 0 Å². The third-order valence-corrected chi connectivity index (χ3v) is 7.78. The Morgan fingerprint density at radius 3 is 2.20 bits per heavy atom. The summed E-state index contributed by atoms with van der Waals surface area (Å²) >= 11 is 0. The van der Waals surface area contributed by atoms with Crippen LogP contribution in [0.5, 0.6) is 0 Å². The molecule has 1 amide bonds. The summed E-state index contributed by atoms with van der Waals surface area (Å²) in [7, 11) is -0.210. The molecule has 1 atom stereocenters. The molecule has 0 heterocycles. The van der Waals surface area contributed by atoms with Crippen molar-refractivity contribution in [3.63, 3.8) is 0 Å². The van der Waals surface area contributed by atoms with E-state index in [2.05, 4.69) is 51.8 Å². The Morgan fingerprint density at radius 1 is 1.25 bits per heavy atom. The van der Waals surface area contributed by atoms with E-state index in [9.17, 15) is 4.79 Å². The van der Waals surface area contributed by atoms with Crippen LogP contribution in [0.4, 0.5) is 5.69 Å². The van der Waals surface area contributed by atoms with Gasteiger partial charge in [0.05, 0.1) is 5.16 Å². The molecular formula is C17H26NOP. The summed E-state index contributed by atoms with van der Waals surface area (Å²) in [5, 5.41) is 3.18. The van der Waals surface area contributed by atoms with Crippen LogP contribution >= 0.6 is 7.92 Å². The van der Waals surface area contributed by atoms with Gasteiger partial charge < -0.3 is 5.32 Å². The largest absolute Gasteiger partial charge is 0.325 e. The highest BCUT2D eigenvalue weighted by atomic mass is 31.1. The lowest BCUT2D eigenvalue weighted by molar-refractivity contribution is -0.120. The van der Waals surface area contributed by atoms with E-state index in [-0.39, 0.29) is 19.0 Å². The molecule has 1 aromatic carbocycles. The van der Waals surface area contributed by atoms with E-state index < -0.39 is 0 Å². The van der Waals surface area contributed by atoms with Gasteiger partial charge in [0.25, 0.3) is 0 Å². The molecule has 3 heteroatoms. The van der Waals surface area contributed by atoms with Gasteiger partial charge in [0.1, 0.15) is 0 Å². The molecule has 1 N–H and O–H groups in total. The van der Waals surface area contributed by atoms with Crippen LogP contribution in [0.25, 0.3) is 0 Å². The van der Waals surface area contributed by atoms with Crippen molar-refractivity contribution in [1.29, 1.82) is 0 Å². The van der Waals surface area contributed by atoms with Crippen molar-refractivity contribution in [1.82, 2.24) is 0 Å². The minimum atomic E-state index is -0.210. The van der Waals surface area contributed by atoms with Crippen LogP contribution in [0.2, 0.25) is 0 Å². The van der Waals surface area contributed by atoms with Gasteiger partial charge in [-0.15, -0.1) is 0 Å². The quantitative estimate of drug-likeness (QED) is 0.807. The summed E-state index contributed by atoms with van der Waals surface area (Å²) in [6.45, 7) is 10.8. The summed E-state index contributed by atoms with van der Waals surface area (Å²) < 4.78 is 0. The highest BCUT2D eigenvalue weighted by Gasteiger charge is 2.47. The van der Waals surface area contributed by atoms with Crippen LogP contribution in [0.15, 0.2) is 12.1 Å². The normalized spacial score (nSPS) is 18.2. The van der Waals surface area contributed by atoms with Crippen molar-refractivity contribution >= 4 is 19.5 Å². The number of nitrogens with one attached hydrogen (secondary N) is 1. The van der Waals surface area contributed by atoms with Crippen LogP contribution in [0.3, 0.4) is 0 Å². The predicted molar refractivity (Wildman–Crippen MR) is 89.2 cm³/mol. The average Bonchev–Trinajstić information content (AvgIpc) is 2.32. The molecule has 1 aliphatic rings. The zero-order valence-electron chi connectivity index (χ0n) is 13.3. The smallest absolute Gasteiger partial charge is 0.234 e. The molecule has 0 aromatic heterocycles. The summed E-state index contributed by atoms with van der Waals surface area (Å²) in [5.74, 6) is 0.259. The number of benzene rings is 1. The SMILES string of the molecule is CCP(C)C1(C(=O)Nc2c(C)cc(C)cc2C)CCC1. The van der Waals surface area contributed by atoms with E-state index in [0.29, 0.717) is 0 Å². The Kier molecular flexibility index (Phi) is 4.54. The van der Waals surface area contributed by atoms with Crippen LogP contribution in [0, 0.1) is 20.8 Å². The second kappa shape index (κ2) is 5.85. The molecule has 0 saturated heterocycles. The first-order chi connectivity index (χ1) is 9.40. The van der Waals surface area contributed by atoms with Gasteiger partial charge in [-0.05, 0) is 57.6 Å². The van der Waals surface area contributed by atoms with Crippen molar-refractivity contribution in [3.05, 3.63) is 28.8 Å². The number of carbonyl (C=O) groups is 1. The second-order valence-electron chi connectivity index (χ2n) is 6.13. The minimum absolute atomic E-state index is 0.0617. The molecule has 2 rings (SSSR count). The lowest BCUT2D eigenvalue weighted by Gasteiger charge is -2.45. The van der Waals surface area contributed by atoms with E-state index >= 15 is 0 Å². The molecule has 20 heavy (non-hydrogen) atoms. The third-order valence-electron chi connectivity index (χ3n) is 4.72. The second-order valence-corrected chi connectivity index (χ2v) is 9.01. The number of carbonyl (C=O) groups excluding carboxylic acids is 1. The van der Waals surface area contributed by atoms with E-state index in [1.807, 2.05) is 0 Å². The maximum Gasteiger partial charge on any atom is 0.234 e. The van der Waals surface area contributed by atoms with Gasteiger partial charge in [-0.25, -0.2) is 0 Å². The van der Waals surface area contributed by atoms with Crippen LogP contribution in [-0.4, -0.2) is 23.9 Å². The molecule has 0 bridgehead atoms. The molecule has 1 fully saturated rings. The molecule has 1 aromatic rings. The van der Waals surface area contributed by atoms with Crippen LogP contribution in [0.1, 0.15) is 42.9 Å². The van der Waals surface area contributed by atoms with Gasteiger partial charge in [-0.3, -0.25) is 4.79 Å². The molecule has 1 aliphatic carbocycles. The maximum atomic E-state index is 12.8. The molecule has 1 saturated carbocycles. The Morgan fingerprint density at radius 2 is 1.80 bits per heavy atom. The van der Waals surface area contributed by atoms with Crippen LogP contribution < -0.4 is 5.32 Å². The van der Waals surface area contributed by atoms with Gasteiger partial charge in [-0.2, -0.15) is 0 Å². The zero-order valence-corrected chi connectivity index (χ0v) is 14.2. The highest BCUT2D eigenvalue weighted by Crippen LogP contribution is 2.58. The average molecular weight is 291 g/mol. The first-order valence-electron chi connectivity index (χ1n) is 7.51. The molecule has 0 aliphatic heterocycles. The number of rotatable bonds is 4. The fourth-order valence-corrected chi connectivity index (χ4v) is 5.29. The molecular weight excluding hydrogens is 265 g/mol. The van der Waals surface area contributed by atoms with Gasteiger partial charge in [0, 0.05) is 5.69 Å². The number of anilines is 1. The highest BCUT2D eigenvalue weighted by molar-refractivity contribution is 7.59. The fraction of sp³-hybridized carbons (Fsp3) is 0.588. The Bertz CT molecular complexity index is 497. The monoisotopic (exact) mass is 291 g/mol. The van der Waals surface area contributed by atoms with Crippen molar-refractivity contribution < 1.29 is 4.79 Å². The van der Waals surface area contributed by atoms with Crippen LogP contribution in [-0.2, 0) is 4.79 Å². The van der Waals surface area contributed by atoms with Gasteiger partial charge in [0.15, 0.2) is 0 Å². The van der Waals surface area contributed by atoms with Crippen molar-refractivity contribution in [2.24, 2.45) is 0 Å². The number of aryl methyl sites for hydroxylation is 3. The summed E-state index contributed by atoms with van der Waals surface area (Å²) in [6.07, 6.45) is 4.47. The first kappa shape index (κ1) is 15.5. The molecule has 0 spiro atoms. The van der Waals surface area contributed by atoms with Crippen molar-refractivity contribution in [3.8, 4) is 0 Å². The van der Waals surface area contributed by atoms with Crippen molar-refractivity contribution in [2.75, 3.05) is 18.1 Å². The van der Waals surface area contributed by atoms with E-state index in [0.717, 1.165) is 24.7 Å². The topological polar surface area (TPSA) is 29.1 Å². The summed E-state index contributed by atoms with van der Waals surface area (Å²) in [6, 6.07) is 4.29. The number of hydrogen-bond donors (Lipinski definition) is 1. The summed E-state index contributed by atoms with van der Waals surface area (Å²) in [4.78, 5) is 12.8. The third kappa shape index (κ3) is 2.63. The zero-order chi connectivity index (χ0) is 14.9. The number of hydrogen-bond acceptors (Lipinski definition) is 1. The van der Waals surface area contributed by atoms with Gasteiger partial charge in [0.2, 0.25) is 5.91 Å². The van der Waals surface area contributed by atoms with Gasteiger partial charge in [-0.1, -0.05) is 39.0 Å².